The van der Waals surface area contributed by atoms with Crippen molar-refractivity contribution in [2.45, 2.75) is 6.42 Å². The smallest absolute Gasteiger partial charge is 0.409 e. The van der Waals surface area contributed by atoms with Gasteiger partial charge in [0, 0.05) is 18.7 Å². The monoisotopic (exact) mass is 306 g/mol. The number of thiazole rings is 1. The van der Waals surface area contributed by atoms with Gasteiger partial charge in [-0.2, -0.15) is 0 Å². The number of hydrogen-bond donors (Lipinski definition) is 2. The third kappa shape index (κ3) is 3.05. The summed E-state index contributed by atoms with van der Waals surface area (Å²) in [6.07, 6.45) is -0.147. The van der Waals surface area contributed by atoms with Gasteiger partial charge in [-0.25, -0.2) is 9.78 Å². The summed E-state index contributed by atoms with van der Waals surface area (Å²) in [7, 11) is 0. The molecule has 2 amide bonds. The van der Waals surface area contributed by atoms with Gasteiger partial charge in [-0.05, 0) is 18.2 Å². The Bertz CT molecular complexity index is 700. The van der Waals surface area contributed by atoms with E-state index in [-0.39, 0.29) is 18.4 Å². The molecule has 1 fully saturated rings. The van der Waals surface area contributed by atoms with E-state index in [2.05, 4.69) is 10.3 Å². The highest BCUT2D eigenvalue weighted by atomic mass is 32.1. The van der Waals surface area contributed by atoms with E-state index in [1.54, 1.807) is 6.07 Å². The summed E-state index contributed by atoms with van der Waals surface area (Å²) < 4.78 is 5.72. The molecule has 1 aromatic heterocycles. The molecule has 1 aliphatic rings. The highest BCUT2D eigenvalue weighted by molar-refractivity contribution is 7.22. The van der Waals surface area contributed by atoms with Crippen LogP contribution in [0.3, 0.4) is 0 Å². The Hall–Kier alpha value is -2.35. The summed E-state index contributed by atoms with van der Waals surface area (Å²) in [4.78, 5) is 28.9. The molecular formula is C13H14N4O3S. The Morgan fingerprint density at radius 3 is 3.14 bits per heavy atom. The number of benzene rings is 1. The maximum absolute atomic E-state index is 11.9. The first-order valence-electron chi connectivity index (χ1n) is 6.49. The normalized spacial score (nSPS) is 14.5. The summed E-state index contributed by atoms with van der Waals surface area (Å²) >= 11 is 1.37. The van der Waals surface area contributed by atoms with Gasteiger partial charge < -0.3 is 20.7 Å². The van der Waals surface area contributed by atoms with Gasteiger partial charge in [0.2, 0.25) is 5.91 Å². The van der Waals surface area contributed by atoms with Crippen molar-refractivity contribution in [2.75, 3.05) is 30.7 Å². The molecule has 0 saturated carbocycles. The van der Waals surface area contributed by atoms with Crippen molar-refractivity contribution in [3.63, 3.8) is 0 Å². The van der Waals surface area contributed by atoms with E-state index < -0.39 is 0 Å². The van der Waals surface area contributed by atoms with E-state index in [1.165, 1.54) is 16.2 Å². The molecule has 0 aliphatic carbocycles. The second-order valence-corrected chi connectivity index (χ2v) is 5.68. The first-order valence-corrected chi connectivity index (χ1v) is 7.31. The third-order valence-corrected chi connectivity index (χ3v) is 4.05. The second-order valence-electron chi connectivity index (χ2n) is 4.65. The van der Waals surface area contributed by atoms with E-state index in [0.29, 0.717) is 30.5 Å². The van der Waals surface area contributed by atoms with Crippen LogP contribution in [0.2, 0.25) is 0 Å². The lowest BCUT2D eigenvalue weighted by atomic mass is 10.3. The fourth-order valence-corrected chi connectivity index (χ4v) is 2.97. The zero-order chi connectivity index (χ0) is 14.8. The van der Waals surface area contributed by atoms with Gasteiger partial charge in [0.15, 0.2) is 5.13 Å². The van der Waals surface area contributed by atoms with E-state index >= 15 is 0 Å². The second kappa shape index (κ2) is 5.57. The minimum atomic E-state index is -0.363. The van der Waals surface area contributed by atoms with Crippen molar-refractivity contribution >= 4 is 44.4 Å². The molecule has 0 spiro atoms. The maximum atomic E-state index is 11.9. The number of carbonyl (C=O) groups is 2. The first kappa shape index (κ1) is 13.6. The molecule has 0 atom stereocenters. The van der Waals surface area contributed by atoms with Gasteiger partial charge in [-0.3, -0.25) is 4.79 Å². The average molecular weight is 306 g/mol. The maximum Gasteiger partial charge on any atom is 0.409 e. The number of cyclic esters (lactones) is 1. The highest BCUT2D eigenvalue weighted by Gasteiger charge is 2.22. The van der Waals surface area contributed by atoms with Crippen molar-refractivity contribution in [1.29, 1.82) is 0 Å². The lowest BCUT2D eigenvalue weighted by Gasteiger charge is -2.11. The summed E-state index contributed by atoms with van der Waals surface area (Å²) in [6, 6.07) is 5.41. The zero-order valence-corrected chi connectivity index (χ0v) is 12.0. The Labute approximate surface area is 124 Å². The van der Waals surface area contributed by atoms with E-state index in [1.807, 2.05) is 12.1 Å². The Kier molecular flexibility index (Phi) is 3.61. The molecule has 1 saturated heterocycles. The topological polar surface area (TPSA) is 97.5 Å². The number of anilines is 2. The molecule has 3 N–H and O–H groups in total. The first-order chi connectivity index (χ1) is 10.1. The number of nitrogen functional groups attached to an aromatic ring is 1. The fraction of sp³-hybridized carbons (Fsp3) is 0.308. The summed E-state index contributed by atoms with van der Waals surface area (Å²) in [5.74, 6) is -0.179. The zero-order valence-electron chi connectivity index (χ0n) is 11.2. The molecular weight excluding hydrogens is 292 g/mol. The molecule has 3 rings (SSSR count). The third-order valence-electron chi connectivity index (χ3n) is 3.11. The fourth-order valence-electron chi connectivity index (χ4n) is 2.04. The number of aromatic nitrogens is 1. The van der Waals surface area contributed by atoms with Crippen LogP contribution in [0.4, 0.5) is 15.6 Å². The van der Waals surface area contributed by atoms with Crippen molar-refractivity contribution in [3.05, 3.63) is 18.2 Å². The highest BCUT2D eigenvalue weighted by Crippen LogP contribution is 2.27. The molecule has 8 heteroatoms. The quantitative estimate of drug-likeness (QED) is 0.837. The number of nitrogens with one attached hydrogen (secondary N) is 1. The molecule has 0 radical (unpaired) electrons. The van der Waals surface area contributed by atoms with Gasteiger partial charge in [0.1, 0.15) is 6.61 Å². The van der Waals surface area contributed by atoms with Crippen LogP contribution >= 0.6 is 11.3 Å². The van der Waals surface area contributed by atoms with Crippen molar-refractivity contribution < 1.29 is 14.3 Å². The lowest BCUT2D eigenvalue weighted by molar-refractivity contribution is -0.116. The van der Waals surface area contributed by atoms with E-state index in [4.69, 9.17) is 10.5 Å². The van der Waals surface area contributed by atoms with Crippen molar-refractivity contribution in [3.8, 4) is 0 Å². The molecule has 1 aliphatic heterocycles. The Morgan fingerprint density at radius 2 is 2.38 bits per heavy atom. The molecule has 7 nitrogen and oxygen atoms in total. The SMILES string of the molecule is Nc1ccc2nc(NC(=O)CCN3CCOC3=O)sc2c1. The number of fused-ring (bicyclic) bond motifs is 1. The molecule has 110 valence electrons. The molecule has 0 bridgehead atoms. The number of rotatable bonds is 4. The lowest BCUT2D eigenvalue weighted by Crippen LogP contribution is -2.28. The van der Waals surface area contributed by atoms with Crippen LogP contribution in [-0.4, -0.2) is 41.6 Å². The molecule has 2 aromatic rings. The molecule has 21 heavy (non-hydrogen) atoms. The predicted molar refractivity (Wildman–Crippen MR) is 80.2 cm³/mol. The van der Waals surface area contributed by atoms with Crippen LogP contribution in [0, 0.1) is 0 Å². The van der Waals surface area contributed by atoms with E-state index in [9.17, 15) is 9.59 Å². The Morgan fingerprint density at radius 1 is 1.52 bits per heavy atom. The number of ether oxygens (including phenoxy) is 1. The predicted octanol–water partition coefficient (Wildman–Crippen LogP) is 1.66. The van der Waals surface area contributed by atoms with Crippen LogP contribution in [0.25, 0.3) is 10.2 Å². The van der Waals surface area contributed by atoms with Crippen LogP contribution in [0.15, 0.2) is 18.2 Å². The van der Waals surface area contributed by atoms with Gasteiger partial charge in [-0.15, -0.1) is 0 Å². The number of nitrogens with two attached hydrogens (primary N) is 1. The van der Waals surface area contributed by atoms with Gasteiger partial charge in [0.05, 0.1) is 16.8 Å². The standard InChI is InChI=1S/C13H14N4O3S/c14-8-1-2-9-10(7-8)21-12(15-9)16-11(18)3-4-17-5-6-20-13(17)19/h1-2,7H,3-6,14H2,(H,15,16,18). The number of amides is 2. The van der Waals surface area contributed by atoms with Gasteiger partial charge in [0.25, 0.3) is 0 Å². The number of hydrogen-bond acceptors (Lipinski definition) is 6. The molecule has 1 aromatic carbocycles. The van der Waals surface area contributed by atoms with Crippen LogP contribution < -0.4 is 11.1 Å². The molecule has 0 unspecified atom stereocenters. The number of carbonyl (C=O) groups excluding carboxylic acids is 2. The van der Waals surface area contributed by atoms with E-state index in [0.717, 1.165) is 10.2 Å². The minimum absolute atomic E-state index is 0.179. The summed E-state index contributed by atoms with van der Waals surface area (Å²) in [5.41, 5.74) is 7.17. The summed E-state index contributed by atoms with van der Waals surface area (Å²) in [6.45, 7) is 1.27. The molecule has 2 heterocycles. The van der Waals surface area contributed by atoms with Crippen molar-refractivity contribution in [1.82, 2.24) is 9.88 Å². The van der Waals surface area contributed by atoms with Gasteiger partial charge >= 0.3 is 6.09 Å². The Balaban J connectivity index is 1.59. The largest absolute Gasteiger partial charge is 0.448 e. The van der Waals surface area contributed by atoms with Crippen LogP contribution in [0.5, 0.6) is 0 Å². The van der Waals surface area contributed by atoms with Gasteiger partial charge in [-0.1, -0.05) is 11.3 Å². The van der Waals surface area contributed by atoms with Crippen LogP contribution in [0.1, 0.15) is 6.42 Å². The van der Waals surface area contributed by atoms with Crippen molar-refractivity contribution in [2.24, 2.45) is 0 Å². The average Bonchev–Trinajstić information content (AvgIpc) is 3.01. The summed E-state index contributed by atoms with van der Waals surface area (Å²) in [5, 5.41) is 3.27. The van der Waals surface area contributed by atoms with Crippen LogP contribution in [-0.2, 0) is 9.53 Å². The minimum Gasteiger partial charge on any atom is -0.448 e. The number of nitrogens with zero attached hydrogens (tertiary/aromatic N) is 2.